The zero-order valence-electron chi connectivity index (χ0n) is 18.3. The van der Waals surface area contributed by atoms with Crippen molar-refractivity contribution >= 4 is 33.2 Å². The molecule has 0 unspecified atom stereocenters. The van der Waals surface area contributed by atoms with Crippen LogP contribution in [0.2, 0.25) is 0 Å². The number of rotatable bonds is 5. The van der Waals surface area contributed by atoms with Crippen LogP contribution in [0, 0.1) is 6.92 Å². The van der Waals surface area contributed by atoms with E-state index in [1.165, 1.54) is 0 Å². The molecule has 3 heterocycles. The van der Waals surface area contributed by atoms with E-state index in [2.05, 4.69) is 38.4 Å². The molecule has 7 heteroatoms. The SMILES string of the molecule is Cc1oc(-c2ccccc2)nc1CC(=O)N1CCC(c2nc(-c3cccc(Br)c3)cs2)CC1. The highest BCUT2D eigenvalue weighted by molar-refractivity contribution is 9.10. The van der Waals surface area contributed by atoms with Crippen molar-refractivity contribution in [1.29, 1.82) is 0 Å². The summed E-state index contributed by atoms with van der Waals surface area (Å²) in [6.45, 7) is 3.37. The minimum absolute atomic E-state index is 0.110. The zero-order valence-corrected chi connectivity index (χ0v) is 20.7. The molecule has 2 aromatic carbocycles. The normalized spacial score (nSPS) is 14.5. The van der Waals surface area contributed by atoms with Gasteiger partial charge in [0.2, 0.25) is 11.8 Å². The van der Waals surface area contributed by atoms with Crippen LogP contribution in [0.25, 0.3) is 22.7 Å². The Labute approximate surface area is 205 Å². The number of amides is 1. The number of piperidine rings is 1. The van der Waals surface area contributed by atoms with Gasteiger partial charge < -0.3 is 9.32 Å². The number of thiazole rings is 1. The summed E-state index contributed by atoms with van der Waals surface area (Å²) in [5.74, 6) is 1.79. The number of benzene rings is 2. The molecule has 0 saturated carbocycles. The van der Waals surface area contributed by atoms with E-state index in [4.69, 9.17) is 9.40 Å². The Bertz CT molecular complexity index is 1260. The Hall–Kier alpha value is -2.77. The van der Waals surface area contributed by atoms with Crippen LogP contribution >= 0.6 is 27.3 Å². The predicted molar refractivity (Wildman–Crippen MR) is 134 cm³/mol. The van der Waals surface area contributed by atoms with Crippen LogP contribution in [0.15, 0.2) is 68.9 Å². The minimum Gasteiger partial charge on any atom is -0.441 e. The number of hydrogen-bond donors (Lipinski definition) is 0. The van der Waals surface area contributed by atoms with Gasteiger partial charge in [-0.2, -0.15) is 0 Å². The van der Waals surface area contributed by atoms with E-state index in [1.807, 2.05) is 54.3 Å². The van der Waals surface area contributed by atoms with Crippen molar-refractivity contribution in [3.63, 3.8) is 0 Å². The van der Waals surface area contributed by atoms with Crippen LogP contribution < -0.4 is 0 Å². The predicted octanol–water partition coefficient (Wildman–Crippen LogP) is 6.48. The molecule has 1 aliphatic rings. The first kappa shape index (κ1) is 22.0. The average molecular weight is 522 g/mol. The maximum atomic E-state index is 13.0. The third kappa shape index (κ3) is 4.94. The van der Waals surface area contributed by atoms with E-state index in [1.54, 1.807) is 11.3 Å². The number of aromatic nitrogens is 2. The quantitative estimate of drug-likeness (QED) is 0.301. The first-order chi connectivity index (χ1) is 16.1. The molecular weight excluding hydrogens is 498 g/mol. The van der Waals surface area contributed by atoms with Gasteiger partial charge in [-0.25, -0.2) is 9.97 Å². The lowest BCUT2D eigenvalue weighted by Crippen LogP contribution is -2.38. The first-order valence-electron chi connectivity index (χ1n) is 11.1. The summed E-state index contributed by atoms with van der Waals surface area (Å²) >= 11 is 5.25. The van der Waals surface area contributed by atoms with Crippen LogP contribution in [-0.4, -0.2) is 33.9 Å². The van der Waals surface area contributed by atoms with E-state index in [-0.39, 0.29) is 12.3 Å². The molecule has 168 valence electrons. The third-order valence-electron chi connectivity index (χ3n) is 6.07. The smallest absolute Gasteiger partial charge is 0.228 e. The lowest BCUT2D eigenvalue weighted by molar-refractivity contribution is -0.131. The van der Waals surface area contributed by atoms with Gasteiger partial charge in [0.05, 0.1) is 22.8 Å². The highest BCUT2D eigenvalue weighted by Gasteiger charge is 2.27. The second kappa shape index (κ2) is 9.61. The largest absolute Gasteiger partial charge is 0.441 e. The van der Waals surface area contributed by atoms with Crippen molar-refractivity contribution in [1.82, 2.24) is 14.9 Å². The molecule has 0 radical (unpaired) electrons. The third-order valence-corrected chi connectivity index (χ3v) is 7.57. The van der Waals surface area contributed by atoms with Gasteiger partial charge in [0.25, 0.3) is 0 Å². The van der Waals surface area contributed by atoms with Gasteiger partial charge in [0.15, 0.2) is 0 Å². The topological polar surface area (TPSA) is 59.2 Å². The van der Waals surface area contributed by atoms with Gasteiger partial charge in [0, 0.05) is 40.0 Å². The van der Waals surface area contributed by atoms with Crippen LogP contribution in [0.5, 0.6) is 0 Å². The van der Waals surface area contributed by atoms with E-state index in [0.717, 1.165) is 57.9 Å². The number of aryl methyl sites for hydroxylation is 1. The minimum atomic E-state index is 0.110. The Morgan fingerprint density at radius 1 is 1.09 bits per heavy atom. The highest BCUT2D eigenvalue weighted by atomic mass is 79.9. The Kier molecular flexibility index (Phi) is 6.42. The number of carbonyl (C=O) groups excluding carboxylic acids is 1. The summed E-state index contributed by atoms with van der Waals surface area (Å²) in [5, 5.41) is 3.30. The first-order valence-corrected chi connectivity index (χ1v) is 12.7. The Morgan fingerprint density at radius 2 is 1.85 bits per heavy atom. The molecular formula is C26H24BrN3O2S. The summed E-state index contributed by atoms with van der Waals surface area (Å²) in [6, 6.07) is 18.0. The molecule has 2 aromatic heterocycles. The molecule has 5 rings (SSSR count). The molecule has 33 heavy (non-hydrogen) atoms. The van der Waals surface area contributed by atoms with Crippen LogP contribution in [0.4, 0.5) is 0 Å². The van der Waals surface area contributed by atoms with Gasteiger partial charge in [-0.3, -0.25) is 4.79 Å². The molecule has 0 N–H and O–H groups in total. The van der Waals surface area contributed by atoms with Gasteiger partial charge >= 0.3 is 0 Å². The maximum Gasteiger partial charge on any atom is 0.228 e. The summed E-state index contributed by atoms with van der Waals surface area (Å²) < 4.78 is 6.87. The number of oxazole rings is 1. The van der Waals surface area contributed by atoms with Crippen LogP contribution in [-0.2, 0) is 11.2 Å². The molecule has 0 aliphatic carbocycles. The van der Waals surface area contributed by atoms with Gasteiger partial charge in [-0.15, -0.1) is 11.3 Å². The number of halogens is 1. The fourth-order valence-electron chi connectivity index (χ4n) is 4.18. The second-order valence-corrected chi connectivity index (χ2v) is 10.1. The van der Waals surface area contributed by atoms with Gasteiger partial charge in [0.1, 0.15) is 5.76 Å². The molecule has 1 aliphatic heterocycles. The summed E-state index contributed by atoms with van der Waals surface area (Å²) in [7, 11) is 0. The molecule has 0 atom stereocenters. The van der Waals surface area contributed by atoms with E-state index in [0.29, 0.717) is 17.6 Å². The average Bonchev–Trinajstić information content (AvgIpc) is 3.47. The maximum absolute atomic E-state index is 13.0. The monoisotopic (exact) mass is 521 g/mol. The molecule has 4 aromatic rings. The van der Waals surface area contributed by atoms with Gasteiger partial charge in [-0.05, 0) is 44.0 Å². The van der Waals surface area contributed by atoms with Crippen LogP contribution in [0.1, 0.15) is 35.2 Å². The zero-order chi connectivity index (χ0) is 22.8. The van der Waals surface area contributed by atoms with Crippen molar-refractivity contribution in [3.05, 3.63) is 80.9 Å². The molecule has 1 fully saturated rings. The standard InChI is InChI=1S/C26H24BrN3O2S/c1-17-22(28-25(32-17)18-6-3-2-4-7-18)15-24(31)30-12-10-19(11-13-30)26-29-23(16-33-26)20-8-5-9-21(27)14-20/h2-9,14,16,19H,10-13,15H2,1H3. The van der Waals surface area contributed by atoms with E-state index >= 15 is 0 Å². The second-order valence-electron chi connectivity index (χ2n) is 8.30. The number of hydrogen-bond acceptors (Lipinski definition) is 5. The van der Waals surface area contributed by atoms with Crippen molar-refractivity contribution in [2.45, 2.75) is 32.1 Å². The fraction of sp³-hybridized carbons (Fsp3) is 0.269. The lowest BCUT2D eigenvalue weighted by Gasteiger charge is -2.31. The molecule has 1 saturated heterocycles. The van der Waals surface area contributed by atoms with Crippen molar-refractivity contribution < 1.29 is 9.21 Å². The highest BCUT2D eigenvalue weighted by Crippen LogP contribution is 2.33. The number of likely N-dealkylation sites (tertiary alicyclic amines) is 1. The molecule has 1 amide bonds. The molecule has 0 spiro atoms. The van der Waals surface area contributed by atoms with E-state index < -0.39 is 0 Å². The summed E-state index contributed by atoms with van der Waals surface area (Å²) in [5.41, 5.74) is 3.79. The number of nitrogens with zero attached hydrogens (tertiary/aromatic N) is 3. The van der Waals surface area contributed by atoms with E-state index in [9.17, 15) is 4.79 Å². The van der Waals surface area contributed by atoms with Gasteiger partial charge in [-0.1, -0.05) is 46.3 Å². The van der Waals surface area contributed by atoms with Crippen molar-refractivity contribution in [3.8, 4) is 22.7 Å². The Balaban J connectivity index is 1.20. The summed E-state index contributed by atoms with van der Waals surface area (Å²) in [4.78, 5) is 24.4. The molecule has 5 nitrogen and oxygen atoms in total. The summed E-state index contributed by atoms with van der Waals surface area (Å²) in [6.07, 6.45) is 2.14. The fourth-order valence-corrected chi connectivity index (χ4v) is 5.58. The number of carbonyl (C=O) groups is 1. The van der Waals surface area contributed by atoms with Crippen molar-refractivity contribution in [2.24, 2.45) is 0 Å². The van der Waals surface area contributed by atoms with Crippen molar-refractivity contribution in [2.75, 3.05) is 13.1 Å². The Morgan fingerprint density at radius 3 is 2.61 bits per heavy atom. The lowest BCUT2D eigenvalue weighted by atomic mass is 9.97. The molecule has 0 bridgehead atoms. The van der Waals surface area contributed by atoms with Crippen LogP contribution in [0.3, 0.4) is 0 Å².